The Labute approximate surface area is 222 Å². The first-order valence-electron chi connectivity index (χ1n) is 11.6. The molecule has 1 atom stereocenters. The fourth-order valence-electron chi connectivity index (χ4n) is 5.96. The number of hydrogen-bond donors (Lipinski definition) is 1. The van der Waals surface area contributed by atoms with Crippen molar-refractivity contribution in [2.45, 2.75) is 31.2 Å². The summed E-state index contributed by atoms with van der Waals surface area (Å²) in [5.41, 5.74) is 3.59. The van der Waals surface area contributed by atoms with Gasteiger partial charge in [-0.05, 0) is 53.3 Å². The Hall–Kier alpha value is -3.06. The molecule has 2 bridgehead atoms. The van der Waals surface area contributed by atoms with Gasteiger partial charge in [-0.3, -0.25) is 4.79 Å². The second-order valence-electron chi connectivity index (χ2n) is 9.68. The number of nitrogens with zero attached hydrogens (tertiary/aromatic N) is 2. The van der Waals surface area contributed by atoms with Crippen LogP contribution in [0.3, 0.4) is 0 Å². The Morgan fingerprint density at radius 1 is 1.06 bits per heavy atom. The number of thiazole rings is 1. The summed E-state index contributed by atoms with van der Waals surface area (Å²) in [5, 5.41) is 10.2. The third kappa shape index (κ3) is 3.43. The summed E-state index contributed by atoms with van der Waals surface area (Å²) in [5.74, 6) is -0.357. The number of anilines is 1. The zero-order chi connectivity index (χ0) is 25.1. The molecule has 3 aromatic carbocycles. The molecule has 3 aliphatic carbocycles. The van der Waals surface area contributed by atoms with Crippen molar-refractivity contribution < 1.29 is 4.79 Å². The van der Waals surface area contributed by atoms with E-state index in [0.717, 1.165) is 33.5 Å². The number of aromatic nitrogens is 1. The monoisotopic (exact) mass is 533 g/mol. The van der Waals surface area contributed by atoms with Gasteiger partial charge in [-0.1, -0.05) is 83.0 Å². The van der Waals surface area contributed by atoms with E-state index < -0.39 is 11.0 Å². The van der Waals surface area contributed by atoms with Gasteiger partial charge in [0.05, 0.1) is 21.2 Å². The maximum Gasteiger partial charge on any atom is 0.233 e. The topological polar surface area (TPSA) is 71.4 Å². The zero-order valence-corrected chi connectivity index (χ0v) is 21.6. The number of nitroso groups, excluding NO2 is 1. The Kier molecular flexibility index (Phi) is 5.52. The van der Waals surface area contributed by atoms with E-state index in [0.29, 0.717) is 28.0 Å². The van der Waals surface area contributed by atoms with E-state index in [9.17, 15) is 9.70 Å². The van der Waals surface area contributed by atoms with Crippen molar-refractivity contribution in [3.63, 3.8) is 0 Å². The van der Waals surface area contributed by atoms with Crippen LogP contribution < -0.4 is 5.32 Å². The van der Waals surface area contributed by atoms with Crippen molar-refractivity contribution in [2.75, 3.05) is 5.32 Å². The summed E-state index contributed by atoms with van der Waals surface area (Å²) in [6, 6.07) is 21.2. The lowest BCUT2D eigenvalue weighted by Crippen LogP contribution is -2.53. The molecule has 0 spiro atoms. The molecule has 7 rings (SSSR count). The summed E-state index contributed by atoms with van der Waals surface area (Å²) in [6.45, 7) is 1.93. The summed E-state index contributed by atoms with van der Waals surface area (Å²) in [4.78, 5) is 31.1. The Morgan fingerprint density at radius 3 is 2.36 bits per heavy atom. The van der Waals surface area contributed by atoms with Crippen LogP contribution in [0.25, 0.3) is 0 Å². The van der Waals surface area contributed by atoms with E-state index in [-0.39, 0.29) is 11.8 Å². The molecular weight excluding hydrogens is 513 g/mol. The van der Waals surface area contributed by atoms with Gasteiger partial charge in [0.1, 0.15) is 0 Å². The van der Waals surface area contributed by atoms with Gasteiger partial charge >= 0.3 is 0 Å². The van der Waals surface area contributed by atoms with E-state index >= 15 is 0 Å². The minimum absolute atomic E-state index is 0.167. The average Bonchev–Trinajstić information content (AvgIpc) is 3.32. The molecule has 1 N–H and O–H groups in total. The van der Waals surface area contributed by atoms with Crippen LogP contribution in [0.4, 0.5) is 5.13 Å². The molecular formula is C28H21Cl2N3O2S. The molecule has 0 saturated heterocycles. The van der Waals surface area contributed by atoms with Crippen LogP contribution in [-0.2, 0) is 16.8 Å². The number of carbonyl (C=O) groups excluding carboxylic acids is 1. The van der Waals surface area contributed by atoms with Crippen LogP contribution in [0.5, 0.6) is 0 Å². The Bertz CT molecular complexity index is 1490. The SMILES string of the molecule is CC1(C(=O)Nc2nc(Cc3ccc(Cl)c(Cl)c3)cs2)CC2(N=O)c3ccccc3C1c1ccccc12. The minimum atomic E-state index is -1.10. The summed E-state index contributed by atoms with van der Waals surface area (Å²) in [7, 11) is 0. The lowest BCUT2D eigenvalue weighted by atomic mass is 9.49. The predicted molar refractivity (Wildman–Crippen MR) is 144 cm³/mol. The highest BCUT2D eigenvalue weighted by molar-refractivity contribution is 7.13. The quantitative estimate of drug-likeness (QED) is 0.269. The molecule has 0 aliphatic heterocycles. The second kappa shape index (κ2) is 8.51. The summed E-state index contributed by atoms with van der Waals surface area (Å²) >= 11 is 13.5. The smallest absolute Gasteiger partial charge is 0.233 e. The molecule has 0 saturated carbocycles. The van der Waals surface area contributed by atoms with Gasteiger partial charge in [-0.15, -0.1) is 16.2 Å². The van der Waals surface area contributed by atoms with Gasteiger partial charge in [0.25, 0.3) is 0 Å². The van der Waals surface area contributed by atoms with Crippen LogP contribution in [0, 0.1) is 10.3 Å². The molecule has 0 radical (unpaired) electrons. The molecule has 1 aromatic heterocycles. The van der Waals surface area contributed by atoms with Crippen LogP contribution in [0.1, 0.15) is 52.8 Å². The fraction of sp³-hybridized carbons (Fsp3) is 0.214. The van der Waals surface area contributed by atoms with Crippen molar-refractivity contribution in [3.8, 4) is 0 Å². The fourth-order valence-corrected chi connectivity index (χ4v) is 6.99. The molecule has 4 aromatic rings. The molecule has 1 heterocycles. The first-order chi connectivity index (χ1) is 17.4. The van der Waals surface area contributed by atoms with Crippen molar-refractivity contribution in [1.29, 1.82) is 0 Å². The Morgan fingerprint density at radius 2 is 1.72 bits per heavy atom. The van der Waals surface area contributed by atoms with Crippen molar-refractivity contribution in [1.82, 2.24) is 4.98 Å². The van der Waals surface area contributed by atoms with E-state index in [1.165, 1.54) is 11.3 Å². The number of rotatable bonds is 5. The lowest BCUT2D eigenvalue weighted by Gasteiger charge is -2.53. The van der Waals surface area contributed by atoms with Crippen molar-refractivity contribution in [3.05, 3.63) is 121 Å². The van der Waals surface area contributed by atoms with Gasteiger partial charge in [-0.2, -0.15) is 0 Å². The van der Waals surface area contributed by atoms with E-state index in [1.54, 1.807) is 6.07 Å². The number of halogens is 2. The maximum atomic E-state index is 13.9. The molecule has 1 unspecified atom stereocenters. The lowest BCUT2D eigenvalue weighted by molar-refractivity contribution is -0.127. The van der Waals surface area contributed by atoms with Gasteiger partial charge in [0.2, 0.25) is 5.91 Å². The molecule has 1 amide bonds. The van der Waals surface area contributed by atoms with Crippen LogP contribution in [-0.4, -0.2) is 10.9 Å². The van der Waals surface area contributed by atoms with E-state index in [4.69, 9.17) is 23.2 Å². The largest absolute Gasteiger partial charge is 0.301 e. The highest BCUT2D eigenvalue weighted by Crippen LogP contribution is 2.64. The number of benzene rings is 3. The zero-order valence-electron chi connectivity index (χ0n) is 19.3. The van der Waals surface area contributed by atoms with Crippen molar-refractivity contribution >= 4 is 45.6 Å². The molecule has 0 fully saturated rings. The first-order valence-corrected chi connectivity index (χ1v) is 13.2. The second-order valence-corrected chi connectivity index (χ2v) is 11.3. The number of carbonyl (C=O) groups is 1. The highest BCUT2D eigenvalue weighted by atomic mass is 35.5. The predicted octanol–water partition coefficient (Wildman–Crippen LogP) is 7.54. The number of hydrogen-bond acceptors (Lipinski definition) is 5. The van der Waals surface area contributed by atoms with Gasteiger partial charge in [0.15, 0.2) is 10.7 Å². The third-order valence-corrected chi connectivity index (χ3v) is 9.06. The van der Waals surface area contributed by atoms with Crippen molar-refractivity contribution in [2.24, 2.45) is 10.6 Å². The summed E-state index contributed by atoms with van der Waals surface area (Å²) < 4.78 is 0. The molecule has 36 heavy (non-hydrogen) atoms. The maximum absolute atomic E-state index is 13.9. The molecule has 5 nitrogen and oxygen atoms in total. The van der Waals surface area contributed by atoms with E-state index in [1.807, 2.05) is 73.0 Å². The van der Waals surface area contributed by atoms with Crippen LogP contribution >= 0.6 is 34.5 Å². The van der Waals surface area contributed by atoms with Crippen LogP contribution in [0.15, 0.2) is 77.3 Å². The van der Waals surface area contributed by atoms with Gasteiger partial charge in [0, 0.05) is 17.7 Å². The average molecular weight is 534 g/mol. The molecule has 8 heteroatoms. The normalized spacial score (nSPS) is 23.6. The highest BCUT2D eigenvalue weighted by Gasteiger charge is 2.61. The van der Waals surface area contributed by atoms with E-state index in [2.05, 4.69) is 15.5 Å². The first kappa shape index (κ1) is 23.3. The Balaban J connectivity index is 1.33. The minimum Gasteiger partial charge on any atom is -0.301 e. The molecule has 3 aliphatic rings. The summed E-state index contributed by atoms with van der Waals surface area (Å²) in [6.07, 6.45) is 0.873. The van der Waals surface area contributed by atoms with Gasteiger partial charge in [-0.25, -0.2) is 4.98 Å². The number of nitrogens with one attached hydrogen (secondary N) is 1. The van der Waals surface area contributed by atoms with Crippen LogP contribution in [0.2, 0.25) is 10.0 Å². The van der Waals surface area contributed by atoms with Gasteiger partial charge < -0.3 is 5.32 Å². The molecule has 180 valence electrons. The number of fused-ring (bicyclic) bond motifs is 1. The standard InChI is InChI=1S/C28H21Cl2N3O2S/c1-27(25(34)32-26-31-17(14-36-26)12-16-10-11-22(29)23(30)13-16)15-28(33-35)20-8-4-2-6-18(20)24(27)19-7-3-5-9-21(19)28/h2-11,13-14,24H,12,15H2,1H3,(H,31,32,34). The third-order valence-electron chi connectivity index (χ3n) is 7.51. The number of amides is 1.